The van der Waals surface area contributed by atoms with Gasteiger partial charge >= 0.3 is 0 Å². The van der Waals surface area contributed by atoms with E-state index in [1.165, 1.54) is 25.3 Å². The zero-order chi connectivity index (χ0) is 20.1. The fraction of sp³-hybridized carbons (Fsp3) is 0.350. The van der Waals surface area contributed by atoms with Crippen LogP contribution in [0.15, 0.2) is 47.4 Å². The molecule has 7 nitrogen and oxygen atoms in total. The number of aryl methyl sites for hydroxylation is 1. The van der Waals surface area contributed by atoms with Crippen molar-refractivity contribution >= 4 is 15.9 Å². The van der Waals surface area contributed by atoms with Crippen LogP contribution in [0.2, 0.25) is 0 Å². The number of methoxy groups -OCH3 is 1. The maximum Gasteiger partial charge on any atom is 0.251 e. The molecule has 0 radical (unpaired) electrons. The zero-order valence-electron chi connectivity index (χ0n) is 15.9. The minimum absolute atomic E-state index is 0.0361. The molecule has 2 aromatic rings. The van der Waals surface area contributed by atoms with Gasteiger partial charge in [-0.25, -0.2) is 13.1 Å². The maximum absolute atomic E-state index is 12.5. The van der Waals surface area contributed by atoms with Crippen LogP contribution < -0.4 is 19.5 Å². The molecule has 1 aliphatic carbocycles. The first-order valence-corrected chi connectivity index (χ1v) is 10.6. The van der Waals surface area contributed by atoms with Gasteiger partial charge in [0, 0.05) is 11.6 Å². The van der Waals surface area contributed by atoms with Crippen molar-refractivity contribution in [2.24, 2.45) is 0 Å². The molecule has 0 spiro atoms. The third kappa shape index (κ3) is 5.24. The lowest BCUT2D eigenvalue weighted by Gasteiger charge is -2.12. The molecule has 0 heterocycles. The van der Waals surface area contributed by atoms with Crippen molar-refractivity contribution in [3.8, 4) is 11.5 Å². The van der Waals surface area contributed by atoms with Gasteiger partial charge in [0.15, 0.2) is 0 Å². The molecule has 1 fully saturated rings. The molecule has 2 aromatic carbocycles. The number of benzene rings is 2. The van der Waals surface area contributed by atoms with Gasteiger partial charge in [-0.3, -0.25) is 4.79 Å². The van der Waals surface area contributed by atoms with E-state index in [0.717, 1.165) is 24.2 Å². The third-order valence-electron chi connectivity index (χ3n) is 4.26. The van der Waals surface area contributed by atoms with E-state index in [9.17, 15) is 13.2 Å². The Balaban J connectivity index is 1.62. The first kappa shape index (κ1) is 20.2. The lowest BCUT2D eigenvalue weighted by molar-refractivity contribution is 0.0946. The van der Waals surface area contributed by atoms with Crippen LogP contribution >= 0.6 is 0 Å². The second-order valence-corrected chi connectivity index (χ2v) is 8.36. The van der Waals surface area contributed by atoms with Crippen molar-refractivity contribution in [3.05, 3.63) is 53.6 Å². The van der Waals surface area contributed by atoms with E-state index in [1.807, 2.05) is 31.2 Å². The molecule has 0 aliphatic heterocycles. The Hall–Kier alpha value is -2.58. The van der Waals surface area contributed by atoms with Gasteiger partial charge in [0.2, 0.25) is 10.0 Å². The van der Waals surface area contributed by atoms with E-state index >= 15 is 0 Å². The molecule has 1 aliphatic rings. The summed E-state index contributed by atoms with van der Waals surface area (Å²) in [5.74, 6) is 0.559. The van der Waals surface area contributed by atoms with Crippen LogP contribution in [0.25, 0.3) is 0 Å². The summed E-state index contributed by atoms with van der Waals surface area (Å²) < 4.78 is 38.4. The molecule has 0 bridgehead atoms. The third-order valence-corrected chi connectivity index (χ3v) is 5.80. The molecular formula is C20H24N2O5S. The molecule has 8 heteroatoms. The van der Waals surface area contributed by atoms with Gasteiger partial charge in [-0.05, 0) is 55.7 Å². The zero-order valence-corrected chi connectivity index (χ0v) is 16.7. The van der Waals surface area contributed by atoms with Crippen LogP contribution in [0.4, 0.5) is 0 Å². The number of sulfonamides is 1. The molecule has 0 atom stereocenters. The summed E-state index contributed by atoms with van der Waals surface area (Å²) in [6.07, 6.45) is 1.64. The van der Waals surface area contributed by atoms with Gasteiger partial charge < -0.3 is 14.8 Å². The fourth-order valence-corrected chi connectivity index (χ4v) is 4.15. The predicted molar refractivity (Wildman–Crippen MR) is 105 cm³/mol. The summed E-state index contributed by atoms with van der Waals surface area (Å²) in [5.41, 5.74) is 1.33. The van der Waals surface area contributed by atoms with Gasteiger partial charge in [-0.15, -0.1) is 0 Å². The minimum atomic E-state index is -3.74. The van der Waals surface area contributed by atoms with Crippen molar-refractivity contribution < 1.29 is 22.7 Å². The number of hydrogen-bond donors (Lipinski definition) is 2. The number of amides is 1. The van der Waals surface area contributed by atoms with Crippen LogP contribution in [0.1, 0.15) is 28.8 Å². The Morgan fingerprint density at radius 1 is 1.18 bits per heavy atom. The highest BCUT2D eigenvalue weighted by atomic mass is 32.2. The molecule has 0 aromatic heterocycles. The Bertz CT molecular complexity index is 955. The molecule has 1 saturated carbocycles. The number of ether oxygens (including phenoxy) is 2. The molecule has 28 heavy (non-hydrogen) atoms. The quantitative estimate of drug-likeness (QED) is 0.625. The topological polar surface area (TPSA) is 93.7 Å². The Labute approximate surface area is 165 Å². The standard InChI is InChI=1S/C20H24N2O5S/c1-14-4-3-5-17(12-14)27-11-10-21-20(23)15-6-9-18(26-2)19(13-15)28(24,25)22-16-7-8-16/h3-6,9,12-13,16,22H,7-8,10-11H2,1-2H3,(H,21,23). The molecular weight excluding hydrogens is 380 g/mol. The van der Waals surface area contributed by atoms with E-state index in [-0.39, 0.29) is 28.2 Å². The average molecular weight is 404 g/mol. The van der Waals surface area contributed by atoms with Crippen LogP contribution in [0, 0.1) is 6.92 Å². The average Bonchev–Trinajstić information content (AvgIpc) is 3.48. The second-order valence-electron chi connectivity index (χ2n) is 6.68. The van der Waals surface area contributed by atoms with Gasteiger partial charge in [0.05, 0.1) is 13.7 Å². The summed E-state index contributed by atoms with van der Waals surface area (Å²) in [7, 11) is -2.34. The highest BCUT2D eigenvalue weighted by Gasteiger charge is 2.30. The molecule has 0 unspecified atom stereocenters. The number of rotatable bonds is 9. The van der Waals surface area contributed by atoms with Gasteiger partial charge in [-0.2, -0.15) is 0 Å². The number of hydrogen-bond acceptors (Lipinski definition) is 5. The van der Waals surface area contributed by atoms with E-state index in [1.54, 1.807) is 0 Å². The highest BCUT2D eigenvalue weighted by Crippen LogP contribution is 2.28. The lowest BCUT2D eigenvalue weighted by atomic mass is 10.2. The van der Waals surface area contributed by atoms with Crippen molar-refractivity contribution in [1.29, 1.82) is 0 Å². The summed E-state index contributed by atoms with van der Waals surface area (Å²) in [4.78, 5) is 12.4. The summed E-state index contributed by atoms with van der Waals surface area (Å²) in [6.45, 7) is 2.57. The lowest BCUT2D eigenvalue weighted by Crippen LogP contribution is -2.29. The second kappa shape index (κ2) is 8.62. The van der Waals surface area contributed by atoms with E-state index in [0.29, 0.717) is 13.2 Å². The number of carbonyl (C=O) groups is 1. The Morgan fingerprint density at radius 3 is 2.64 bits per heavy atom. The minimum Gasteiger partial charge on any atom is -0.495 e. The summed E-state index contributed by atoms with van der Waals surface area (Å²) in [6, 6.07) is 12.0. The highest BCUT2D eigenvalue weighted by molar-refractivity contribution is 7.89. The smallest absolute Gasteiger partial charge is 0.251 e. The molecule has 2 N–H and O–H groups in total. The first-order valence-electron chi connectivity index (χ1n) is 9.07. The summed E-state index contributed by atoms with van der Waals surface area (Å²) in [5, 5.41) is 2.73. The number of carbonyl (C=O) groups excluding carboxylic acids is 1. The fourth-order valence-electron chi connectivity index (χ4n) is 2.65. The normalized spacial score (nSPS) is 13.8. The van der Waals surface area contributed by atoms with Gasteiger partial charge in [-0.1, -0.05) is 12.1 Å². The van der Waals surface area contributed by atoms with Crippen LogP contribution in [-0.2, 0) is 10.0 Å². The SMILES string of the molecule is COc1ccc(C(=O)NCCOc2cccc(C)c2)cc1S(=O)(=O)NC1CC1. The Kier molecular flexibility index (Phi) is 6.21. The van der Waals surface area contributed by atoms with Gasteiger partial charge in [0.1, 0.15) is 23.0 Å². The number of nitrogens with one attached hydrogen (secondary N) is 2. The van der Waals surface area contributed by atoms with Crippen molar-refractivity contribution in [3.63, 3.8) is 0 Å². The van der Waals surface area contributed by atoms with Crippen molar-refractivity contribution in [2.75, 3.05) is 20.3 Å². The van der Waals surface area contributed by atoms with E-state index in [4.69, 9.17) is 9.47 Å². The predicted octanol–water partition coefficient (Wildman–Crippen LogP) is 2.25. The largest absolute Gasteiger partial charge is 0.495 e. The van der Waals surface area contributed by atoms with Crippen LogP contribution in [-0.4, -0.2) is 40.6 Å². The molecule has 1 amide bonds. The van der Waals surface area contributed by atoms with E-state index < -0.39 is 10.0 Å². The molecule has 0 saturated heterocycles. The van der Waals surface area contributed by atoms with Crippen molar-refractivity contribution in [1.82, 2.24) is 10.0 Å². The van der Waals surface area contributed by atoms with E-state index in [2.05, 4.69) is 10.0 Å². The molecule has 3 rings (SSSR count). The summed E-state index contributed by atoms with van der Waals surface area (Å²) >= 11 is 0. The molecule has 150 valence electrons. The van der Waals surface area contributed by atoms with Crippen molar-refractivity contribution in [2.45, 2.75) is 30.7 Å². The van der Waals surface area contributed by atoms with Crippen LogP contribution in [0.3, 0.4) is 0 Å². The van der Waals surface area contributed by atoms with Crippen LogP contribution in [0.5, 0.6) is 11.5 Å². The monoisotopic (exact) mass is 404 g/mol. The Morgan fingerprint density at radius 2 is 1.96 bits per heavy atom. The first-order chi connectivity index (χ1) is 13.4. The maximum atomic E-state index is 12.5. The van der Waals surface area contributed by atoms with Gasteiger partial charge in [0.25, 0.3) is 5.91 Å².